The Morgan fingerprint density at radius 3 is 3.00 bits per heavy atom. The lowest BCUT2D eigenvalue weighted by atomic mass is 9.96. The van der Waals surface area contributed by atoms with Crippen molar-refractivity contribution in [2.24, 2.45) is 5.73 Å². The molecular formula is C9H16N4. The summed E-state index contributed by atoms with van der Waals surface area (Å²) >= 11 is 0. The van der Waals surface area contributed by atoms with Gasteiger partial charge in [-0.15, -0.1) is 5.10 Å². The van der Waals surface area contributed by atoms with Gasteiger partial charge in [0, 0.05) is 12.1 Å². The largest absolute Gasteiger partial charge is 0.323 e. The monoisotopic (exact) mass is 180 g/mol. The third-order valence-electron chi connectivity index (χ3n) is 2.57. The maximum atomic E-state index is 6.03. The Hall–Kier alpha value is -0.900. The quantitative estimate of drug-likeness (QED) is 0.706. The van der Waals surface area contributed by atoms with Crippen molar-refractivity contribution >= 4 is 0 Å². The molecule has 1 aromatic heterocycles. The number of aryl methyl sites for hydroxylation is 1. The molecule has 0 aliphatic heterocycles. The number of nitrogens with two attached hydrogens (primary N) is 1. The van der Waals surface area contributed by atoms with Gasteiger partial charge in [0.1, 0.15) is 0 Å². The maximum Gasteiger partial charge on any atom is 0.0875 e. The highest BCUT2D eigenvalue weighted by molar-refractivity contribution is 5.18. The zero-order valence-corrected chi connectivity index (χ0v) is 8.20. The number of hydrogen-bond acceptors (Lipinski definition) is 3. The Labute approximate surface area is 78.1 Å². The van der Waals surface area contributed by atoms with Crippen LogP contribution in [0.3, 0.4) is 0 Å². The summed E-state index contributed by atoms with van der Waals surface area (Å²) in [4.78, 5) is 0. The van der Waals surface area contributed by atoms with E-state index in [-0.39, 0.29) is 6.04 Å². The SMILES string of the molecule is CC(C)n1nnc2c1C(N)CCC2. The molecule has 1 unspecified atom stereocenters. The molecule has 0 amide bonds. The van der Waals surface area contributed by atoms with Crippen LogP contribution in [0.15, 0.2) is 0 Å². The van der Waals surface area contributed by atoms with Gasteiger partial charge in [0.15, 0.2) is 0 Å². The third kappa shape index (κ3) is 1.35. The Bertz CT molecular complexity index is 303. The number of hydrogen-bond donors (Lipinski definition) is 1. The van der Waals surface area contributed by atoms with E-state index in [1.54, 1.807) is 0 Å². The van der Waals surface area contributed by atoms with Crippen molar-refractivity contribution in [3.05, 3.63) is 11.4 Å². The van der Waals surface area contributed by atoms with Crippen molar-refractivity contribution in [3.63, 3.8) is 0 Å². The first-order valence-corrected chi connectivity index (χ1v) is 4.89. The Morgan fingerprint density at radius 2 is 2.31 bits per heavy atom. The molecule has 1 aliphatic rings. The van der Waals surface area contributed by atoms with Gasteiger partial charge in [-0.05, 0) is 33.1 Å². The summed E-state index contributed by atoms with van der Waals surface area (Å²) in [6.07, 6.45) is 3.24. The molecule has 0 radical (unpaired) electrons. The Balaban J connectivity index is 2.44. The van der Waals surface area contributed by atoms with Gasteiger partial charge in [-0.1, -0.05) is 5.21 Å². The minimum absolute atomic E-state index is 0.140. The van der Waals surface area contributed by atoms with Gasteiger partial charge < -0.3 is 5.73 Å². The Kier molecular flexibility index (Phi) is 2.07. The van der Waals surface area contributed by atoms with Crippen LogP contribution in [-0.2, 0) is 6.42 Å². The molecule has 1 aliphatic carbocycles. The summed E-state index contributed by atoms with van der Waals surface area (Å²) in [5.41, 5.74) is 8.29. The van der Waals surface area contributed by atoms with Crippen LogP contribution < -0.4 is 5.73 Å². The van der Waals surface area contributed by atoms with Crippen molar-refractivity contribution in [1.29, 1.82) is 0 Å². The fraction of sp³-hybridized carbons (Fsp3) is 0.778. The number of rotatable bonds is 1. The third-order valence-corrected chi connectivity index (χ3v) is 2.57. The van der Waals surface area contributed by atoms with Crippen molar-refractivity contribution in [3.8, 4) is 0 Å². The van der Waals surface area contributed by atoms with Crippen molar-refractivity contribution in [2.75, 3.05) is 0 Å². The number of nitrogens with zero attached hydrogens (tertiary/aromatic N) is 3. The van der Waals surface area contributed by atoms with E-state index in [0.29, 0.717) is 6.04 Å². The zero-order chi connectivity index (χ0) is 9.42. The van der Waals surface area contributed by atoms with Gasteiger partial charge in [-0.3, -0.25) is 0 Å². The first kappa shape index (κ1) is 8.69. The van der Waals surface area contributed by atoms with Gasteiger partial charge in [-0.2, -0.15) is 0 Å². The first-order chi connectivity index (χ1) is 6.20. The van der Waals surface area contributed by atoms with Crippen LogP contribution in [-0.4, -0.2) is 15.0 Å². The lowest BCUT2D eigenvalue weighted by Gasteiger charge is -2.20. The molecule has 0 saturated carbocycles. The molecular weight excluding hydrogens is 164 g/mol. The van der Waals surface area contributed by atoms with Crippen LogP contribution in [0, 0.1) is 0 Å². The normalized spacial score (nSPS) is 22.0. The molecule has 0 fully saturated rings. The van der Waals surface area contributed by atoms with Gasteiger partial charge in [-0.25, -0.2) is 4.68 Å². The second-order valence-electron chi connectivity index (χ2n) is 3.96. The topological polar surface area (TPSA) is 56.7 Å². The summed E-state index contributed by atoms with van der Waals surface area (Å²) in [6.45, 7) is 4.21. The number of aromatic nitrogens is 3. The highest BCUT2D eigenvalue weighted by atomic mass is 15.4. The standard InChI is InChI=1S/C9H16N4/c1-6(2)13-9-7(10)4-3-5-8(9)11-12-13/h6-7H,3-5,10H2,1-2H3. The second kappa shape index (κ2) is 3.10. The van der Waals surface area contributed by atoms with Gasteiger partial charge in [0.25, 0.3) is 0 Å². The van der Waals surface area contributed by atoms with Crippen LogP contribution in [0.1, 0.15) is 50.2 Å². The van der Waals surface area contributed by atoms with Crippen molar-refractivity contribution in [2.45, 2.75) is 45.2 Å². The predicted octanol–water partition coefficient (Wildman–Crippen LogP) is 1.20. The van der Waals surface area contributed by atoms with Gasteiger partial charge in [0.2, 0.25) is 0 Å². The fourth-order valence-corrected chi connectivity index (χ4v) is 1.90. The molecule has 1 aromatic rings. The van der Waals surface area contributed by atoms with Crippen molar-refractivity contribution in [1.82, 2.24) is 15.0 Å². The average Bonchev–Trinajstić information content (AvgIpc) is 2.49. The van der Waals surface area contributed by atoms with E-state index < -0.39 is 0 Å². The molecule has 4 nitrogen and oxygen atoms in total. The second-order valence-corrected chi connectivity index (χ2v) is 3.96. The van der Waals surface area contributed by atoms with E-state index in [1.165, 1.54) is 0 Å². The summed E-state index contributed by atoms with van der Waals surface area (Å²) in [5, 5.41) is 8.30. The number of fused-ring (bicyclic) bond motifs is 1. The molecule has 0 aromatic carbocycles. The summed E-state index contributed by atoms with van der Waals surface area (Å²) in [7, 11) is 0. The van der Waals surface area contributed by atoms with Crippen LogP contribution in [0.25, 0.3) is 0 Å². The van der Waals surface area contributed by atoms with Crippen LogP contribution >= 0.6 is 0 Å². The molecule has 1 atom stereocenters. The zero-order valence-electron chi connectivity index (χ0n) is 8.20. The lowest BCUT2D eigenvalue weighted by Crippen LogP contribution is -2.22. The predicted molar refractivity (Wildman–Crippen MR) is 50.3 cm³/mol. The highest BCUT2D eigenvalue weighted by Gasteiger charge is 2.24. The molecule has 0 bridgehead atoms. The smallest absolute Gasteiger partial charge is 0.0875 e. The van der Waals surface area contributed by atoms with E-state index in [1.807, 2.05) is 4.68 Å². The summed E-state index contributed by atoms with van der Waals surface area (Å²) < 4.78 is 1.96. The molecule has 0 spiro atoms. The molecule has 0 saturated heterocycles. The van der Waals surface area contributed by atoms with E-state index in [0.717, 1.165) is 30.7 Å². The highest BCUT2D eigenvalue weighted by Crippen LogP contribution is 2.27. The van der Waals surface area contributed by atoms with Crippen LogP contribution in [0.5, 0.6) is 0 Å². The first-order valence-electron chi connectivity index (χ1n) is 4.89. The minimum atomic E-state index is 0.140. The van der Waals surface area contributed by atoms with Crippen LogP contribution in [0.2, 0.25) is 0 Å². The lowest BCUT2D eigenvalue weighted by molar-refractivity contribution is 0.454. The molecule has 72 valence electrons. The molecule has 4 heteroatoms. The Morgan fingerprint density at radius 1 is 1.54 bits per heavy atom. The molecule has 2 rings (SSSR count). The molecule has 2 N–H and O–H groups in total. The van der Waals surface area contributed by atoms with E-state index in [4.69, 9.17) is 5.73 Å². The van der Waals surface area contributed by atoms with Gasteiger partial charge >= 0.3 is 0 Å². The fourth-order valence-electron chi connectivity index (χ4n) is 1.90. The summed E-state index contributed by atoms with van der Waals surface area (Å²) in [5.74, 6) is 0. The average molecular weight is 180 g/mol. The van der Waals surface area contributed by atoms with E-state index in [2.05, 4.69) is 24.2 Å². The maximum absolute atomic E-state index is 6.03. The molecule has 13 heavy (non-hydrogen) atoms. The van der Waals surface area contributed by atoms with E-state index in [9.17, 15) is 0 Å². The van der Waals surface area contributed by atoms with Crippen LogP contribution in [0.4, 0.5) is 0 Å². The van der Waals surface area contributed by atoms with E-state index >= 15 is 0 Å². The summed E-state index contributed by atoms with van der Waals surface area (Å²) in [6, 6.07) is 0.501. The minimum Gasteiger partial charge on any atom is -0.323 e. The van der Waals surface area contributed by atoms with Crippen molar-refractivity contribution < 1.29 is 0 Å². The van der Waals surface area contributed by atoms with Gasteiger partial charge in [0.05, 0.1) is 11.4 Å². The molecule has 1 heterocycles.